The number of nitrogens with zero attached hydrogens (tertiary/aromatic N) is 6. The van der Waals surface area contributed by atoms with Gasteiger partial charge in [0.25, 0.3) is 16.7 Å². The van der Waals surface area contributed by atoms with Crippen LogP contribution in [0.5, 0.6) is 0 Å². The van der Waals surface area contributed by atoms with Crippen LogP contribution in [0.4, 0.5) is 0 Å². The molecule has 1 unspecified atom stereocenters. The number of hydrogen-bond acceptors (Lipinski definition) is 9. The molecular formula is C22H18N6O3S. The van der Waals surface area contributed by atoms with E-state index in [1.807, 2.05) is 55.5 Å². The van der Waals surface area contributed by atoms with Crippen LogP contribution in [0.15, 0.2) is 73.6 Å². The van der Waals surface area contributed by atoms with Crippen LogP contribution < -0.4 is 5.56 Å². The van der Waals surface area contributed by atoms with E-state index in [9.17, 15) is 4.79 Å². The Bertz CT molecular complexity index is 1440. The van der Waals surface area contributed by atoms with E-state index in [1.54, 1.807) is 13.0 Å². The number of benzene rings is 2. The maximum absolute atomic E-state index is 13.0. The van der Waals surface area contributed by atoms with Gasteiger partial charge in [-0.3, -0.25) is 4.79 Å². The van der Waals surface area contributed by atoms with Crippen molar-refractivity contribution in [2.75, 3.05) is 0 Å². The van der Waals surface area contributed by atoms with Gasteiger partial charge in [0.1, 0.15) is 0 Å². The zero-order valence-corrected chi connectivity index (χ0v) is 18.1. The van der Waals surface area contributed by atoms with E-state index in [1.165, 1.54) is 16.4 Å². The highest BCUT2D eigenvalue weighted by Crippen LogP contribution is 2.34. The summed E-state index contributed by atoms with van der Waals surface area (Å²) in [5, 5.41) is 18.1. The van der Waals surface area contributed by atoms with Gasteiger partial charge < -0.3 is 8.94 Å². The zero-order chi connectivity index (χ0) is 22.1. The average Bonchev–Trinajstić information content (AvgIpc) is 3.45. The molecule has 9 nitrogen and oxygen atoms in total. The second-order valence-electron chi connectivity index (χ2n) is 7.16. The Morgan fingerprint density at radius 2 is 1.78 bits per heavy atom. The van der Waals surface area contributed by atoms with Gasteiger partial charge in [0.05, 0.1) is 17.2 Å². The largest absolute Gasteiger partial charge is 0.409 e. The lowest BCUT2D eigenvalue weighted by Gasteiger charge is -2.09. The van der Waals surface area contributed by atoms with Crippen molar-refractivity contribution < 1.29 is 8.94 Å². The van der Waals surface area contributed by atoms with Crippen LogP contribution in [0.1, 0.15) is 29.5 Å². The molecule has 0 spiro atoms. The van der Waals surface area contributed by atoms with E-state index >= 15 is 0 Å². The van der Waals surface area contributed by atoms with Gasteiger partial charge in [-0.25, -0.2) is 4.68 Å². The summed E-state index contributed by atoms with van der Waals surface area (Å²) in [7, 11) is 0. The lowest BCUT2D eigenvalue weighted by atomic mass is 10.1. The first-order valence-corrected chi connectivity index (χ1v) is 10.8. The summed E-state index contributed by atoms with van der Waals surface area (Å²) in [6.07, 6.45) is 0. The highest BCUT2D eigenvalue weighted by atomic mass is 32.2. The van der Waals surface area contributed by atoms with Gasteiger partial charge >= 0.3 is 0 Å². The van der Waals surface area contributed by atoms with Gasteiger partial charge in [-0.05, 0) is 25.5 Å². The Morgan fingerprint density at radius 1 is 1.03 bits per heavy atom. The number of aryl methyl sites for hydroxylation is 1. The van der Waals surface area contributed by atoms with Gasteiger partial charge in [0, 0.05) is 5.39 Å². The van der Waals surface area contributed by atoms with Crippen LogP contribution in [0, 0.1) is 6.92 Å². The molecule has 0 amide bonds. The molecule has 0 aliphatic heterocycles. The predicted octanol–water partition coefficient (Wildman–Crippen LogP) is 4.04. The molecule has 0 N–H and O–H groups in total. The molecule has 32 heavy (non-hydrogen) atoms. The summed E-state index contributed by atoms with van der Waals surface area (Å²) in [5.41, 5.74) is 1.24. The fourth-order valence-electron chi connectivity index (χ4n) is 3.29. The minimum Gasteiger partial charge on any atom is -0.409 e. The molecule has 160 valence electrons. The Morgan fingerprint density at radius 3 is 2.53 bits per heavy atom. The molecule has 3 heterocycles. The van der Waals surface area contributed by atoms with Gasteiger partial charge in [0.2, 0.25) is 5.89 Å². The minimum absolute atomic E-state index is 0.166. The van der Waals surface area contributed by atoms with E-state index in [4.69, 9.17) is 8.94 Å². The summed E-state index contributed by atoms with van der Waals surface area (Å²) in [5.74, 6) is 1.28. The number of thioether (sulfide) groups is 1. The lowest BCUT2D eigenvalue weighted by molar-refractivity contribution is 0.375. The molecule has 0 saturated heterocycles. The van der Waals surface area contributed by atoms with Gasteiger partial charge in [-0.15, -0.1) is 10.2 Å². The fourth-order valence-corrected chi connectivity index (χ4v) is 4.00. The fraction of sp³-hybridized carbons (Fsp3) is 0.182. The van der Waals surface area contributed by atoms with E-state index in [0.717, 1.165) is 5.56 Å². The average molecular weight is 446 g/mol. The molecule has 2 aromatic carbocycles. The van der Waals surface area contributed by atoms with E-state index in [0.29, 0.717) is 39.9 Å². The first-order chi connectivity index (χ1) is 15.6. The number of hydrogen-bond donors (Lipinski definition) is 0. The Labute approximate surface area is 186 Å². The third-order valence-corrected chi connectivity index (χ3v) is 5.74. The smallest absolute Gasteiger partial charge is 0.277 e. The molecular weight excluding hydrogens is 428 g/mol. The number of fused-ring (bicyclic) bond motifs is 1. The van der Waals surface area contributed by atoms with Gasteiger partial charge in [0.15, 0.2) is 11.5 Å². The van der Waals surface area contributed by atoms with Crippen LogP contribution in [0.25, 0.3) is 22.4 Å². The standard InChI is InChI=1S/C22H18N6O3S/c1-13(19-23-14(2)27-31-19)32-22-25-24-20(30-22)18-16-10-6-7-11-17(16)21(29)28(26-18)12-15-8-4-3-5-9-15/h3-11,13H,12H2,1-2H3. The van der Waals surface area contributed by atoms with E-state index < -0.39 is 0 Å². The molecule has 0 saturated carbocycles. The molecule has 3 aromatic heterocycles. The molecule has 0 aliphatic carbocycles. The highest BCUT2D eigenvalue weighted by Gasteiger charge is 2.21. The van der Waals surface area contributed by atoms with E-state index in [-0.39, 0.29) is 16.7 Å². The summed E-state index contributed by atoms with van der Waals surface area (Å²) >= 11 is 1.31. The Hall–Kier alpha value is -3.79. The van der Waals surface area contributed by atoms with Gasteiger partial charge in [-0.1, -0.05) is 65.4 Å². The second kappa shape index (κ2) is 8.39. The third-order valence-electron chi connectivity index (χ3n) is 4.82. The molecule has 0 fully saturated rings. The monoisotopic (exact) mass is 446 g/mol. The Kier molecular flexibility index (Phi) is 5.28. The van der Waals surface area contributed by atoms with Crippen molar-refractivity contribution in [1.82, 2.24) is 30.1 Å². The van der Waals surface area contributed by atoms with Crippen molar-refractivity contribution in [2.45, 2.75) is 30.9 Å². The van der Waals surface area contributed by atoms with E-state index in [2.05, 4.69) is 25.4 Å². The van der Waals surface area contributed by atoms with Crippen LogP contribution in [0.3, 0.4) is 0 Å². The quantitative estimate of drug-likeness (QED) is 0.357. The van der Waals surface area contributed by atoms with Crippen LogP contribution in [-0.4, -0.2) is 30.1 Å². The normalized spacial score (nSPS) is 12.3. The second-order valence-corrected chi connectivity index (χ2v) is 8.45. The number of aromatic nitrogens is 6. The molecule has 1 atom stereocenters. The molecule has 10 heteroatoms. The zero-order valence-electron chi connectivity index (χ0n) is 17.3. The first kappa shape index (κ1) is 20.1. The maximum Gasteiger partial charge on any atom is 0.277 e. The minimum atomic E-state index is -0.178. The molecule has 5 aromatic rings. The molecule has 0 aliphatic rings. The summed E-state index contributed by atoms with van der Waals surface area (Å²) < 4.78 is 12.5. The Balaban J connectivity index is 1.52. The van der Waals surface area contributed by atoms with Crippen LogP contribution in [0.2, 0.25) is 0 Å². The highest BCUT2D eigenvalue weighted by molar-refractivity contribution is 7.99. The van der Waals surface area contributed by atoms with Crippen molar-refractivity contribution in [3.8, 4) is 11.6 Å². The lowest BCUT2D eigenvalue weighted by Crippen LogP contribution is -2.24. The van der Waals surface area contributed by atoms with Crippen LogP contribution in [-0.2, 0) is 6.54 Å². The summed E-state index contributed by atoms with van der Waals surface area (Å²) in [4.78, 5) is 17.3. The van der Waals surface area contributed by atoms with Crippen molar-refractivity contribution in [1.29, 1.82) is 0 Å². The van der Waals surface area contributed by atoms with Crippen molar-refractivity contribution in [2.24, 2.45) is 0 Å². The summed E-state index contributed by atoms with van der Waals surface area (Å²) in [6.45, 7) is 4.01. The van der Waals surface area contributed by atoms with Gasteiger partial charge in [-0.2, -0.15) is 10.1 Å². The summed E-state index contributed by atoms with van der Waals surface area (Å²) in [6, 6.07) is 17.0. The molecule has 0 bridgehead atoms. The molecule has 0 radical (unpaired) electrons. The van der Waals surface area contributed by atoms with Crippen molar-refractivity contribution >= 4 is 22.5 Å². The maximum atomic E-state index is 13.0. The van der Waals surface area contributed by atoms with Crippen LogP contribution >= 0.6 is 11.8 Å². The number of rotatable bonds is 6. The van der Waals surface area contributed by atoms with Crippen molar-refractivity contribution in [3.63, 3.8) is 0 Å². The topological polar surface area (TPSA) is 113 Å². The van der Waals surface area contributed by atoms with Crippen molar-refractivity contribution in [3.05, 3.63) is 82.2 Å². The first-order valence-electron chi connectivity index (χ1n) is 9.93. The SMILES string of the molecule is Cc1noc(C(C)Sc2nnc(-c3nn(Cc4ccccc4)c(=O)c4ccccc34)o2)n1. The molecule has 5 rings (SSSR count). The predicted molar refractivity (Wildman–Crippen MR) is 118 cm³/mol. The third kappa shape index (κ3) is 3.92.